The third-order valence-electron chi connectivity index (χ3n) is 4.38. The maximum atomic E-state index is 9.12. The van der Waals surface area contributed by atoms with Gasteiger partial charge < -0.3 is 15.3 Å². The summed E-state index contributed by atoms with van der Waals surface area (Å²) in [6, 6.07) is 0.644. The number of hydrogen-bond acceptors (Lipinski definition) is 3. The molecule has 2 fully saturated rings. The molecule has 2 N–H and O–H groups in total. The zero-order valence-electron chi connectivity index (χ0n) is 11.2. The van der Waals surface area contributed by atoms with E-state index in [1.165, 1.54) is 45.3 Å². The largest absolute Gasteiger partial charge is 0.396 e. The van der Waals surface area contributed by atoms with Gasteiger partial charge in [0.2, 0.25) is 0 Å². The van der Waals surface area contributed by atoms with Gasteiger partial charge in [-0.25, -0.2) is 0 Å². The first-order chi connectivity index (χ1) is 8.31. The molecule has 0 aromatic carbocycles. The monoisotopic (exact) mass is 240 g/mol. The van der Waals surface area contributed by atoms with E-state index in [1.807, 2.05) is 0 Å². The molecule has 3 nitrogen and oxygen atoms in total. The second-order valence-electron chi connectivity index (χ2n) is 5.88. The zero-order valence-corrected chi connectivity index (χ0v) is 11.2. The molecule has 1 heterocycles. The molecule has 0 amide bonds. The van der Waals surface area contributed by atoms with Crippen LogP contribution in [0, 0.1) is 11.8 Å². The third-order valence-corrected chi connectivity index (χ3v) is 4.38. The van der Waals surface area contributed by atoms with E-state index in [2.05, 4.69) is 17.1 Å². The van der Waals surface area contributed by atoms with E-state index >= 15 is 0 Å². The lowest BCUT2D eigenvalue weighted by Crippen LogP contribution is -2.51. The minimum atomic E-state index is 0.348. The molecule has 2 rings (SSSR count). The number of rotatable bonds is 6. The summed E-state index contributed by atoms with van der Waals surface area (Å²) in [4.78, 5) is 2.64. The van der Waals surface area contributed by atoms with Crippen LogP contribution in [0.5, 0.6) is 0 Å². The number of likely N-dealkylation sites (N-methyl/N-ethyl adjacent to an activating group) is 1. The minimum Gasteiger partial charge on any atom is -0.396 e. The molecular weight excluding hydrogens is 212 g/mol. The molecule has 1 saturated heterocycles. The summed E-state index contributed by atoms with van der Waals surface area (Å²) in [5, 5.41) is 12.7. The van der Waals surface area contributed by atoms with Crippen molar-refractivity contribution in [3.63, 3.8) is 0 Å². The van der Waals surface area contributed by atoms with Crippen LogP contribution in [0.1, 0.15) is 39.0 Å². The summed E-state index contributed by atoms with van der Waals surface area (Å²) >= 11 is 0. The fourth-order valence-corrected chi connectivity index (χ4v) is 3.32. The maximum Gasteiger partial charge on any atom is 0.0434 e. The van der Waals surface area contributed by atoms with Gasteiger partial charge in [-0.05, 0) is 44.1 Å². The van der Waals surface area contributed by atoms with Crippen molar-refractivity contribution in [1.82, 2.24) is 10.2 Å². The molecular formula is C14H28N2O. The molecule has 2 unspecified atom stereocenters. The van der Waals surface area contributed by atoms with E-state index in [0.29, 0.717) is 18.6 Å². The van der Waals surface area contributed by atoms with Crippen LogP contribution in [0.25, 0.3) is 0 Å². The second-order valence-corrected chi connectivity index (χ2v) is 5.88. The predicted molar refractivity (Wildman–Crippen MR) is 71.1 cm³/mol. The van der Waals surface area contributed by atoms with Crippen molar-refractivity contribution >= 4 is 0 Å². The molecule has 3 heteroatoms. The van der Waals surface area contributed by atoms with Gasteiger partial charge in [-0.15, -0.1) is 0 Å². The van der Waals surface area contributed by atoms with Crippen molar-refractivity contribution in [2.24, 2.45) is 11.8 Å². The lowest BCUT2D eigenvalue weighted by Gasteiger charge is -2.41. The number of nitrogens with one attached hydrogen (secondary N) is 1. The quantitative estimate of drug-likeness (QED) is 0.738. The van der Waals surface area contributed by atoms with Crippen LogP contribution in [-0.2, 0) is 0 Å². The van der Waals surface area contributed by atoms with Gasteiger partial charge >= 0.3 is 0 Å². The Morgan fingerprint density at radius 1 is 1.24 bits per heavy atom. The van der Waals surface area contributed by atoms with Crippen LogP contribution >= 0.6 is 0 Å². The first-order valence-corrected chi connectivity index (χ1v) is 7.38. The Hall–Kier alpha value is -0.120. The van der Waals surface area contributed by atoms with Gasteiger partial charge in [-0.2, -0.15) is 0 Å². The molecule has 1 aliphatic carbocycles. The number of hydrogen-bond donors (Lipinski definition) is 2. The van der Waals surface area contributed by atoms with Crippen LogP contribution in [0.2, 0.25) is 0 Å². The lowest BCUT2D eigenvalue weighted by atomic mass is 9.83. The Morgan fingerprint density at radius 3 is 2.65 bits per heavy atom. The molecule has 0 aromatic rings. The maximum absolute atomic E-state index is 9.12. The van der Waals surface area contributed by atoms with E-state index in [-0.39, 0.29) is 0 Å². The van der Waals surface area contributed by atoms with Gasteiger partial charge in [0.05, 0.1) is 0 Å². The highest BCUT2D eigenvalue weighted by Crippen LogP contribution is 2.29. The average molecular weight is 240 g/mol. The summed E-state index contributed by atoms with van der Waals surface area (Å²) in [6.07, 6.45) is 6.54. The number of aliphatic hydroxyl groups excluding tert-OH is 1. The van der Waals surface area contributed by atoms with Crippen molar-refractivity contribution in [2.45, 2.75) is 45.1 Å². The summed E-state index contributed by atoms with van der Waals surface area (Å²) in [6.45, 7) is 7.32. The first-order valence-electron chi connectivity index (χ1n) is 7.38. The summed E-state index contributed by atoms with van der Waals surface area (Å²) < 4.78 is 0. The van der Waals surface area contributed by atoms with Crippen LogP contribution in [0.15, 0.2) is 0 Å². The van der Waals surface area contributed by atoms with Crippen molar-refractivity contribution in [1.29, 1.82) is 0 Å². The number of aliphatic hydroxyl groups is 1. The normalized spacial score (nSPS) is 31.4. The fourth-order valence-electron chi connectivity index (χ4n) is 3.32. The van der Waals surface area contributed by atoms with Crippen molar-refractivity contribution in [3.05, 3.63) is 0 Å². The Kier molecular flexibility index (Phi) is 5.26. The summed E-state index contributed by atoms with van der Waals surface area (Å²) in [5.41, 5.74) is 0. The molecule has 1 saturated carbocycles. The Balaban J connectivity index is 1.81. The molecule has 2 aliphatic rings. The van der Waals surface area contributed by atoms with Gasteiger partial charge in [-0.3, -0.25) is 0 Å². The van der Waals surface area contributed by atoms with E-state index < -0.39 is 0 Å². The molecule has 2 atom stereocenters. The van der Waals surface area contributed by atoms with Crippen molar-refractivity contribution in [3.8, 4) is 0 Å². The summed E-state index contributed by atoms with van der Waals surface area (Å²) in [7, 11) is 0. The standard InChI is InChI=1S/C14H28N2O/c1-2-15-14-8-13(6-7-17)10-16(11-14)9-12-4-3-5-12/h12-15,17H,2-11H2,1H3. The zero-order chi connectivity index (χ0) is 12.1. The average Bonchev–Trinajstić information content (AvgIpc) is 2.24. The topological polar surface area (TPSA) is 35.5 Å². The van der Waals surface area contributed by atoms with Gasteiger partial charge in [-0.1, -0.05) is 13.3 Å². The Labute approximate surface area is 106 Å². The second kappa shape index (κ2) is 6.72. The Bertz CT molecular complexity index is 204. The summed E-state index contributed by atoms with van der Waals surface area (Å²) in [5.74, 6) is 1.66. The molecule has 0 radical (unpaired) electrons. The van der Waals surface area contributed by atoms with Gasteiger partial charge in [0, 0.05) is 32.3 Å². The molecule has 1 aliphatic heterocycles. The predicted octanol–water partition coefficient (Wildman–Crippen LogP) is 1.47. The highest BCUT2D eigenvalue weighted by Gasteiger charge is 2.29. The highest BCUT2D eigenvalue weighted by molar-refractivity contribution is 4.85. The minimum absolute atomic E-state index is 0.348. The SMILES string of the molecule is CCNC1CC(CCO)CN(CC2CCC2)C1. The third kappa shape index (κ3) is 3.94. The van der Waals surface area contributed by atoms with Crippen molar-refractivity contribution in [2.75, 3.05) is 32.8 Å². The molecule has 17 heavy (non-hydrogen) atoms. The first kappa shape index (κ1) is 13.3. The van der Waals surface area contributed by atoms with Crippen LogP contribution in [0.3, 0.4) is 0 Å². The number of likely N-dealkylation sites (tertiary alicyclic amines) is 1. The van der Waals surface area contributed by atoms with Gasteiger partial charge in [0.1, 0.15) is 0 Å². The van der Waals surface area contributed by atoms with E-state index in [1.54, 1.807) is 0 Å². The Morgan fingerprint density at radius 2 is 2.06 bits per heavy atom. The molecule has 100 valence electrons. The fraction of sp³-hybridized carbons (Fsp3) is 1.00. The van der Waals surface area contributed by atoms with Gasteiger partial charge in [0.15, 0.2) is 0 Å². The van der Waals surface area contributed by atoms with Crippen LogP contribution in [-0.4, -0.2) is 48.8 Å². The van der Waals surface area contributed by atoms with E-state index in [0.717, 1.165) is 18.9 Å². The smallest absolute Gasteiger partial charge is 0.0434 e. The van der Waals surface area contributed by atoms with Crippen molar-refractivity contribution < 1.29 is 5.11 Å². The van der Waals surface area contributed by atoms with Crippen LogP contribution in [0.4, 0.5) is 0 Å². The van der Waals surface area contributed by atoms with Crippen LogP contribution < -0.4 is 5.32 Å². The van der Waals surface area contributed by atoms with E-state index in [9.17, 15) is 0 Å². The van der Waals surface area contributed by atoms with E-state index in [4.69, 9.17) is 5.11 Å². The molecule has 0 bridgehead atoms. The molecule has 0 spiro atoms. The lowest BCUT2D eigenvalue weighted by molar-refractivity contribution is 0.0907. The molecule has 0 aromatic heterocycles. The number of nitrogens with zero attached hydrogens (tertiary/aromatic N) is 1. The highest BCUT2D eigenvalue weighted by atomic mass is 16.3. The van der Waals surface area contributed by atoms with Gasteiger partial charge in [0.25, 0.3) is 0 Å². The number of piperidine rings is 1.